The van der Waals surface area contributed by atoms with Crippen LogP contribution in [0.15, 0.2) is 24.3 Å². The molecule has 0 amide bonds. The van der Waals surface area contributed by atoms with Crippen molar-refractivity contribution in [1.82, 2.24) is 0 Å². The number of rotatable bonds is 5. The van der Waals surface area contributed by atoms with Gasteiger partial charge in [0.15, 0.2) is 0 Å². The number of hydrogen-bond acceptors (Lipinski definition) is 0. The first kappa shape index (κ1) is 12.8. The van der Waals surface area contributed by atoms with Crippen molar-refractivity contribution in [2.75, 3.05) is 5.33 Å². The number of halogens is 1. The van der Waals surface area contributed by atoms with E-state index >= 15 is 0 Å². The topological polar surface area (TPSA) is 0 Å². The Morgan fingerprint density at radius 1 is 1.20 bits per heavy atom. The summed E-state index contributed by atoms with van der Waals surface area (Å²) < 4.78 is 0. The van der Waals surface area contributed by atoms with Crippen LogP contribution in [0.25, 0.3) is 0 Å². The lowest BCUT2D eigenvalue weighted by atomic mass is 9.84. The smallest absolute Gasteiger partial charge is 0.0103 e. The van der Waals surface area contributed by atoms with Gasteiger partial charge in [-0.3, -0.25) is 0 Å². The summed E-state index contributed by atoms with van der Waals surface area (Å²) in [6.45, 7) is 6.75. The van der Waals surface area contributed by atoms with Gasteiger partial charge in [0.25, 0.3) is 0 Å². The average molecular weight is 269 g/mol. The van der Waals surface area contributed by atoms with Crippen LogP contribution in [0.2, 0.25) is 0 Å². The minimum absolute atomic E-state index is 0.667. The van der Waals surface area contributed by atoms with Crippen molar-refractivity contribution in [1.29, 1.82) is 0 Å². The zero-order valence-corrected chi connectivity index (χ0v) is 11.5. The van der Waals surface area contributed by atoms with Crippen LogP contribution in [0.5, 0.6) is 0 Å². The van der Waals surface area contributed by atoms with Crippen LogP contribution in [-0.4, -0.2) is 5.33 Å². The van der Waals surface area contributed by atoms with Crippen molar-refractivity contribution in [2.45, 2.75) is 39.5 Å². The van der Waals surface area contributed by atoms with Gasteiger partial charge in [-0.1, -0.05) is 72.4 Å². The number of aryl methyl sites for hydroxylation is 1. The summed E-state index contributed by atoms with van der Waals surface area (Å²) in [6.07, 6.45) is 2.53. The second-order valence-corrected chi connectivity index (χ2v) is 4.90. The summed E-state index contributed by atoms with van der Waals surface area (Å²) in [5.41, 5.74) is 2.85. The van der Waals surface area contributed by atoms with E-state index in [0.29, 0.717) is 5.92 Å². The molecule has 0 spiro atoms. The van der Waals surface area contributed by atoms with Gasteiger partial charge < -0.3 is 0 Å². The third kappa shape index (κ3) is 3.34. The van der Waals surface area contributed by atoms with E-state index in [0.717, 1.165) is 11.2 Å². The first-order valence-corrected chi connectivity index (χ1v) is 6.97. The van der Waals surface area contributed by atoms with Crippen molar-refractivity contribution in [3.8, 4) is 0 Å². The van der Waals surface area contributed by atoms with E-state index in [2.05, 4.69) is 61.0 Å². The summed E-state index contributed by atoms with van der Waals surface area (Å²) in [7, 11) is 0. The van der Waals surface area contributed by atoms with Crippen molar-refractivity contribution in [3.05, 3.63) is 35.4 Å². The average Bonchev–Trinajstić information content (AvgIpc) is 2.25. The van der Waals surface area contributed by atoms with E-state index in [4.69, 9.17) is 0 Å². The highest BCUT2D eigenvalue weighted by Crippen LogP contribution is 2.31. The Hall–Kier alpha value is -0.300. The Kier molecular flexibility index (Phi) is 5.38. The van der Waals surface area contributed by atoms with Crippen LogP contribution in [0.4, 0.5) is 0 Å². The van der Waals surface area contributed by atoms with Gasteiger partial charge in [-0.05, 0) is 24.3 Å². The third-order valence-electron chi connectivity index (χ3n) is 3.25. The molecule has 0 nitrogen and oxygen atoms in total. The number of alkyl halides is 1. The van der Waals surface area contributed by atoms with Gasteiger partial charge in [-0.2, -0.15) is 0 Å². The molecule has 0 saturated heterocycles. The van der Waals surface area contributed by atoms with E-state index < -0.39 is 0 Å². The lowest BCUT2D eigenvalue weighted by Gasteiger charge is -2.24. The molecule has 1 aromatic carbocycles. The monoisotopic (exact) mass is 268 g/mol. The molecule has 84 valence electrons. The highest BCUT2D eigenvalue weighted by molar-refractivity contribution is 9.09. The maximum Gasteiger partial charge on any atom is 0.0103 e. The molecule has 0 fully saturated rings. The number of hydrogen-bond donors (Lipinski definition) is 0. The maximum atomic E-state index is 3.66. The maximum absolute atomic E-state index is 3.66. The first-order chi connectivity index (χ1) is 7.22. The van der Waals surface area contributed by atoms with Crippen LogP contribution in [0.3, 0.4) is 0 Å². The highest BCUT2D eigenvalue weighted by atomic mass is 79.9. The first-order valence-electron chi connectivity index (χ1n) is 5.85. The predicted molar refractivity (Wildman–Crippen MR) is 71.8 cm³/mol. The van der Waals surface area contributed by atoms with Gasteiger partial charge in [0, 0.05) is 5.33 Å². The van der Waals surface area contributed by atoms with Crippen LogP contribution < -0.4 is 0 Å². The van der Waals surface area contributed by atoms with Gasteiger partial charge in [0.05, 0.1) is 0 Å². The fraction of sp³-hybridized carbons (Fsp3) is 0.571. The molecule has 0 heterocycles. The van der Waals surface area contributed by atoms with Crippen LogP contribution in [0, 0.1) is 12.8 Å². The lowest BCUT2D eigenvalue weighted by Crippen LogP contribution is -2.13. The molecule has 0 aromatic heterocycles. The van der Waals surface area contributed by atoms with E-state index in [1.807, 2.05) is 0 Å². The molecule has 1 aromatic rings. The fourth-order valence-corrected chi connectivity index (χ4v) is 3.15. The van der Waals surface area contributed by atoms with E-state index in [9.17, 15) is 0 Å². The Morgan fingerprint density at radius 2 is 1.87 bits per heavy atom. The predicted octanol–water partition coefficient (Wildman–Crippen LogP) is 4.91. The van der Waals surface area contributed by atoms with E-state index in [1.54, 1.807) is 0 Å². The standard InChI is InChI=1S/C14H21Br/c1-4-12(5-2)14(10-15)13-8-6-7-11(3)9-13/h6-9,12,14H,4-5,10H2,1-3H3. The van der Waals surface area contributed by atoms with Gasteiger partial charge in [0.2, 0.25) is 0 Å². The van der Waals surface area contributed by atoms with Crippen molar-refractivity contribution < 1.29 is 0 Å². The minimum atomic E-state index is 0.667. The Bertz CT molecular complexity index is 289. The molecule has 0 saturated carbocycles. The molecule has 1 unspecified atom stereocenters. The Morgan fingerprint density at radius 3 is 2.33 bits per heavy atom. The summed E-state index contributed by atoms with van der Waals surface area (Å²) in [5.74, 6) is 1.46. The molecular weight excluding hydrogens is 248 g/mol. The fourth-order valence-electron chi connectivity index (χ4n) is 2.25. The SMILES string of the molecule is CCC(CC)C(CBr)c1cccc(C)c1. The summed E-state index contributed by atoms with van der Waals surface area (Å²) in [6, 6.07) is 8.92. The molecule has 0 bridgehead atoms. The Balaban J connectivity index is 2.90. The van der Waals surface area contributed by atoms with Crippen molar-refractivity contribution >= 4 is 15.9 Å². The molecule has 0 aliphatic rings. The van der Waals surface area contributed by atoms with Crippen molar-refractivity contribution in [3.63, 3.8) is 0 Å². The zero-order valence-electron chi connectivity index (χ0n) is 9.96. The largest absolute Gasteiger partial charge is 0.0921 e. The number of benzene rings is 1. The molecule has 0 aliphatic carbocycles. The summed E-state index contributed by atoms with van der Waals surface area (Å²) in [5, 5.41) is 1.07. The van der Waals surface area contributed by atoms with E-state index in [1.165, 1.54) is 24.0 Å². The van der Waals surface area contributed by atoms with Crippen LogP contribution >= 0.6 is 15.9 Å². The molecule has 0 radical (unpaired) electrons. The van der Waals surface area contributed by atoms with Crippen LogP contribution in [-0.2, 0) is 0 Å². The second kappa shape index (κ2) is 6.32. The zero-order chi connectivity index (χ0) is 11.3. The molecule has 15 heavy (non-hydrogen) atoms. The molecule has 1 heteroatoms. The second-order valence-electron chi connectivity index (χ2n) is 4.25. The summed E-state index contributed by atoms with van der Waals surface area (Å²) >= 11 is 3.66. The molecule has 0 aliphatic heterocycles. The normalized spacial score (nSPS) is 13.1. The molecular formula is C14H21Br. The van der Waals surface area contributed by atoms with Gasteiger partial charge in [-0.25, -0.2) is 0 Å². The third-order valence-corrected chi connectivity index (χ3v) is 3.95. The van der Waals surface area contributed by atoms with E-state index in [-0.39, 0.29) is 0 Å². The molecule has 1 rings (SSSR count). The van der Waals surface area contributed by atoms with Gasteiger partial charge in [-0.15, -0.1) is 0 Å². The molecule has 1 atom stereocenters. The van der Waals surface area contributed by atoms with Crippen LogP contribution in [0.1, 0.15) is 43.7 Å². The van der Waals surface area contributed by atoms with Gasteiger partial charge in [0.1, 0.15) is 0 Å². The summed E-state index contributed by atoms with van der Waals surface area (Å²) in [4.78, 5) is 0. The quantitative estimate of drug-likeness (QED) is 0.666. The van der Waals surface area contributed by atoms with Crippen molar-refractivity contribution in [2.24, 2.45) is 5.92 Å². The Labute approximate surface area is 102 Å². The van der Waals surface area contributed by atoms with Gasteiger partial charge >= 0.3 is 0 Å². The minimum Gasteiger partial charge on any atom is -0.0921 e. The molecule has 0 N–H and O–H groups in total. The lowest BCUT2D eigenvalue weighted by molar-refractivity contribution is 0.425. The highest BCUT2D eigenvalue weighted by Gasteiger charge is 2.18.